The normalized spacial score (nSPS) is 12.2. The highest BCUT2D eigenvalue weighted by molar-refractivity contribution is 7.10. The molecule has 0 aromatic carbocycles. The summed E-state index contributed by atoms with van der Waals surface area (Å²) in [5.41, 5.74) is 0.936. The smallest absolute Gasteiger partial charge is 0.165 e. The summed E-state index contributed by atoms with van der Waals surface area (Å²) in [7, 11) is 0. The lowest BCUT2D eigenvalue weighted by molar-refractivity contribution is -0.133. The first-order valence-corrected chi connectivity index (χ1v) is 4.50. The first kappa shape index (κ1) is 8.56. The third-order valence-corrected chi connectivity index (χ3v) is 2.74. The third kappa shape index (κ3) is 1.42. The van der Waals surface area contributed by atoms with E-state index < -0.39 is 11.1 Å². The zero-order chi connectivity index (χ0) is 9.47. The van der Waals surface area contributed by atoms with E-state index in [1.807, 2.05) is 0 Å². The Morgan fingerprint density at radius 2 is 1.85 bits per heavy atom. The van der Waals surface area contributed by atoms with Crippen molar-refractivity contribution in [1.29, 1.82) is 0 Å². The number of alkyl halides is 3. The molecule has 0 aromatic rings. The van der Waals surface area contributed by atoms with Crippen molar-refractivity contribution in [1.82, 2.24) is 0 Å². The molecule has 0 unspecified atom stereocenters. The molecule has 0 N–H and O–H groups in total. The van der Waals surface area contributed by atoms with Crippen molar-refractivity contribution >= 4 is 11.3 Å². The van der Waals surface area contributed by atoms with Gasteiger partial charge in [0, 0.05) is 5.56 Å². The highest BCUT2D eigenvalue weighted by Crippen LogP contribution is 2.40. The van der Waals surface area contributed by atoms with E-state index in [0.717, 1.165) is 11.3 Å². The largest absolute Gasteiger partial charge is 0.426 e. The molecule has 0 spiro atoms. The van der Waals surface area contributed by atoms with Crippen molar-refractivity contribution in [3.63, 3.8) is 0 Å². The van der Waals surface area contributed by atoms with Crippen molar-refractivity contribution in [2.24, 2.45) is 0 Å². The van der Waals surface area contributed by atoms with E-state index in [1.54, 1.807) is 18.2 Å². The van der Waals surface area contributed by atoms with Crippen LogP contribution in [0.1, 0.15) is 4.88 Å². The van der Waals surface area contributed by atoms with E-state index >= 15 is 0 Å². The van der Waals surface area contributed by atoms with E-state index in [2.05, 4.69) is 0 Å². The minimum absolute atomic E-state index is 0.292. The van der Waals surface area contributed by atoms with Gasteiger partial charge in [-0.2, -0.15) is 13.2 Å². The van der Waals surface area contributed by atoms with Crippen LogP contribution in [0.5, 0.6) is 0 Å². The lowest BCUT2D eigenvalue weighted by atomic mass is 10.1. The fourth-order valence-corrected chi connectivity index (χ4v) is 2.04. The molecule has 0 nitrogen and oxygen atoms in total. The number of hydrogen-bond acceptors (Lipinski definition) is 1. The summed E-state index contributed by atoms with van der Waals surface area (Å²) >= 11 is 0.729. The van der Waals surface area contributed by atoms with Gasteiger partial charge in [-0.05, 0) is 17.0 Å². The van der Waals surface area contributed by atoms with Gasteiger partial charge in [0.2, 0.25) is 0 Å². The maximum Gasteiger partial charge on any atom is 0.426 e. The number of halogens is 3. The fraction of sp³-hybridized carbons (Fsp3) is 0.111. The molecule has 68 valence electrons. The molecule has 0 fully saturated rings. The fourth-order valence-electron chi connectivity index (χ4n) is 1.24. The SMILES string of the molecule is FC(F)(F)c1sccc2cccc1-2. The topological polar surface area (TPSA) is 0 Å². The van der Waals surface area contributed by atoms with Crippen molar-refractivity contribution in [2.45, 2.75) is 6.18 Å². The molecule has 1 aliphatic heterocycles. The van der Waals surface area contributed by atoms with Gasteiger partial charge in [-0.1, -0.05) is 18.2 Å². The maximum absolute atomic E-state index is 12.4. The van der Waals surface area contributed by atoms with Crippen LogP contribution < -0.4 is 0 Å². The average Bonchev–Trinajstić information content (AvgIpc) is 2.48. The summed E-state index contributed by atoms with van der Waals surface area (Å²) in [5, 5.41) is 1.46. The second-order valence-corrected chi connectivity index (χ2v) is 3.56. The van der Waals surface area contributed by atoms with Crippen LogP contribution in [0.2, 0.25) is 0 Å². The molecule has 0 radical (unpaired) electrons. The predicted molar refractivity (Wildman–Crippen MR) is 45.9 cm³/mol. The molecule has 0 aromatic heterocycles. The molecule has 2 aliphatic rings. The molecule has 1 aliphatic carbocycles. The van der Waals surface area contributed by atoms with Crippen LogP contribution in [0.4, 0.5) is 13.2 Å². The molecule has 1 heterocycles. The monoisotopic (exact) mass is 202 g/mol. The van der Waals surface area contributed by atoms with E-state index in [-0.39, 0.29) is 0 Å². The Morgan fingerprint density at radius 1 is 1.08 bits per heavy atom. The molecule has 4 heteroatoms. The van der Waals surface area contributed by atoms with Crippen LogP contribution in [0.15, 0.2) is 29.6 Å². The van der Waals surface area contributed by atoms with Crippen molar-refractivity contribution in [3.05, 3.63) is 34.5 Å². The Morgan fingerprint density at radius 3 is 2.54 bits per heavy atom. The summed E-state index contributed by atoms with van der Waals surface area (Å²) in [6.07, 6.45) is -4.24. The highest BCUT2D eigenvalue weighted by Gasteiger charge is 2.34. The Labute approximate surface area is 77.0 Å². The minimum atomic E-state index is -4.24. The van der Waals surface area contributed by atoms with Crippen LogP contribution in [0, 0.1) is 0 Å². The maximum atomic E-state index is 12.4. The Kier molecular flexibility index (Phi) is 1.80. The number of fused-ring (bicyclic) bond motifs is 1. The van der Waals surface area contributed by atoms with Crippen LogP contribution >= 0.6 is 11.3 Å². The van der Waals surface area contributed by atoms with Gasteiger partial charge in [0.05, 0.1) is 0 Å². The molecular formula is C9H5F3S. The standard InChI is InChI=1S/C9H5F3S/c10-9(11,12)8-7-3-1-2-6(7)4-5-13-8/h1-5H. The summed E-state index contributed by atoms with van der Waals surface area (Å²) in [6.45, 7) is 0. The van der Waals surface area contributed by atoms with Gasteiger partial charge in [0.25, 0.3) is 0 Å². The molecule has 13 heavy (non-hydrogen) atoms. The van der Waals surface area contributed by atoms with Crippen molar-refractivity contribution < 1.29 is 13.2 Å². The van der Waals surface area contributed by atoms with Gasteiger partial charge in [-0.25, -0.2) is 0 Å². The third-order valence-electron chi connectivity index (χ3n) is 1.79. The second-order valence-electron chi connectivity index (χ2n) is 2.64. The second kappa shape index (κ2) is 2.73. The average molecular weight is 202 g/mol. The first-order valence-electron chi connectivity index (χ1n) is 3.62. The van der Waals surface area contributed by atoms with Gasteiger partial charge in [0.15, 0.2) is 0 Å². The Hall–Kier alpha value is -1.03. The summed E-state index contributed by atoms with van der Waals surface area (Å²) in [4.78, 5) is -0.519. The molecular weight excluding hydrogens is 197 g/mol. The van der Waals surface area contributed by atoms with E-state index in [0.29, 0.717) is 11.1 Å². The quantitative estimate of drug-likeness (QED) is 0.608. The van der Waals surface area contributed by atoms with E-state index in [1.165, 1.54) is 11.4 Å². The van der Waals surface area contributed by atoms with E-state index in [4.69, 9.17) is 0 Å². The highest BCUT2D eigenvalue weighted by atomic mass is 32.1. The van der Waals surface area contributed by atoms with Crippen molar-refractivity contribution in [3.8, 4) is 11.1 Å². The minimum Gasteiger partial charge on any atom is -0.165 e. The van der Waals surface area contributed by atoms with Gasteiger partial charge in [-0.3, -0.25) is 0 Å². The van der Waals surface area contributed by atoms with Gasteiger partial charge in [0.1, 0.15) is 4.88 Å². The summed E-state index contributed by atoms with van der Waals surface area (Å²) < 4.78 is 37.2. The first-order chi connectivity index (χ1) is 6.09. The Balaban J connectivity index is 2.65. The van der Waals surface area contributed by atoms with Gasteiger partial charge in [-0.15, -0.1) is 11.3 Å². The number of rotatable bonds is 0. The molecule has 2 rings (SSSR count). The molecule has 0 atom stereocenters. The van der Waals surface area contributed by atoms with Crippen LogP contribution in [0.25, 0.3) is 11.1 Å². The number of hydrogen-bond donors (Lipinski definition) is 0. The van der Waals surface area contributed by atoms with E-state index in [9.17, 15) is 13.2 Å². The Bertz CT molecular complexity index is 388. The lowest BCUT2D eigenvalue weighted by Gasteiger charge is -2.09. The molecule has 0 saturated heterocycles. The van der Waals surface area contributed by atoms with Gasteiger partial charge < -0.3 is 0 Å². The predicted octanol–water partition coefficient (Wildman–Crippen LogP) is 3.87. The lowest BCUT2D eigenvalue weighted by Crippen LogP contribution is -2.04. The van der Waals surface area contributed by atoms with Crippen LogP contribution in [-0.4, -0.2) is 0 Å². The molecule has 0 bridgehead atoms. The van der Waals surface area contributed by atoms with Crippen LogP contribution in [-0.2, 0) is 6.18 Å². The molecule has 0 saturated carbocycles. The van der Waals surface area contributed by atoms with Crippen LogP contribution in [0.3, 0.4) is 0 Å². The van der Waals surface area contributed by atoms with Crippen molar-refractivity contribution in [2.75, 3.05) is 0 Å². The summed E-state index contributed by atoms with van der Waals surface area (Å²) in [6, 6.07) is 6.49. The zero-order valence-corrected chi connectivity index (χ0v) is 7.25. The summed E-state index contributed by atoms with van der Waals surface area (Å²) in [5.74, 6) is 0. The zero-order valence-electron chi connectivity index (χ0n) is 6.43. The molecule has 0 amide bonds. The van der Waals surface area contributed by atoms with Gasteiger partial charge >= 0.3 is 6.18 Å².